The van der Waals surface area contributed by atoms with Gasteiger partial charge in [0.1, 0.15) is 0 Å². The third-order valence-corrected chi connectivity index (χ3v) is 3.26. The average molecular weight is 180 g/mol. The Kier molecular flexibility index (Phi) is 1.11. The SMILES string of the molecule is Clc1ccc2c(c1)NCC21CC1. The van der Waals surface area contributed by atoms with Crippen LogP contribution in [0.2, 0.25) is 5.02 Å². The molecule has 1 aromatic rings. The lowest BCUT2D eigenvalue weighted by molar-refractivity contribution is 0.778. The molecule has 0 atom stereocenters. The van der Waals surface area contributed by atoms with Crippen molar-refractivity contribution in [2.45, 2.75) is 18.3 Å². The first-order valence-electron chi connectivity index (χ1n) is 4.34. The molecule has 0 amide bonds. The molecular weight excluding hydrogens is 170 g/mol. The highest BCUT2D eigenvalue weighted by molar-refractivity contribution is 6.30. The van der Waals surface area contributed by atoms with Gasteiger partial charge >= 0.3 is 0 Å². The van der Waals surface area contributed by atoms with E-state index >= 15 is 0 Å². The Morgan fingerprint density at radius 1 is 1.33 bits per heavy atom. The predicted molar refractivity (Wildman–Crippen MR) is 50.9 cm³/mol. The van der Waals surface area contributed by atoms with Crippen LogP contribution in [-0.4, -0.2) is 6.54 Å². The van der Waals surface area contributed by atoms with E-state index in [4.69, 9.17) is 11.6 Å². The van der Waals surface area contributed by atoms with E-state index in [0.717, 1.165) is 11.6 Å². The van der Waals surface area contributed by atoms with Crippen LogP contribution in [0.4, 0.5) is 5.69 Å². The monoisotopic (exact) mass is 179 g/mol. The lowest BCUT2D eigenvalue weighted by atomic mass is 9.99. The van der Waals surface area contributed by atoms with Crippen molar-refractivity contribution in [3.05, 3.63) is 28.8 Å². The Bertz CT molecular complexity index is 342. The molecule has 1 aromatic carbocycles. The van der Waals surface area contributed by atoms with E-state index in [1.165, 1.54) is 24.1 Å². The summed E-state index contributed by atoms with van der Waals surface area (Å²) in [6.07, 6.45) is 2.68. The molecule has 1 spiro atoms. The molecule has 0 saturated heterocycles. The van der Waals surface area contributed by atoms with E-state index in [1.54, 1.807) is 0 Å². The fourth-order valence-corrected chi connectivity index (χ4v) is 2.25. The molecule has 1 nitrogen and oxygen atoms in total. The van der Waals surface area contributed by atoms with Crippen LogP contribution in [0.3, 0.4) is 0 Å². The number of benzene rings is 1. The van der Waals surface area contributed by atoms with Crippen LogP contribution >= 0.6 is 11.6 Å². The van der Waals surface area contributed by atoms with Gasteiger partial charge in [-0.25, -0.2) is 0 Å². The molecule has 1 heterocycles. The molecule has 1 saturated carbocycles. The lowest BCUT2D eigenvalue weighted by Crippen LogP contribution is -2.07. The number of hydrogen-bond donors (Lipinski definition) is 1. The highest BCUT2D eigenvalue weighted by Gasteiger charge is 2.48. The maximum Gasteiger partial charge on any atom is 0.0426 e. The Hall–Kier alpha value is -0.690. The van der Waals surface area contributed by atoms with E-state index in [1.807, 2.05) is 12.1 Å². The van der Waals surface area contributed by atoms with E-state index in [-0.39, 0.29) is 0 Å². The Morgan fingerprint density at radius 3 is 2.92 bits per heavy atom. The normalized spacial score (nSPS) is 22.1. The molecule has 1 N–H and O–H groups in total. The summed E-state index contributed by atoms with van der Waals surface area (Å²) in [5.41, 5.74) is 3.23. The van der Waals surface area contributed by atoms with E-state index in [2.05, 4.69) is 11.4 Å². The van der Waals surface area contributed by atoms with Crippen LogP contribution in [0.5, 0.6) is 0 Å². The van der Waals surface area contributed by atoms with Gasteiger partial charge in [0.2, 0.25) is 0 Å². The first-order valence-corrected chi connectivity index (χ1v) is 4.72. The molecule has 0 aromatic heterocycles. The third kappa shape index (κ3) is 0.748. The predicted octanol–water partition coefficient (Wildman–Crippen LogP) is 2.80. The molecule has 1 fully saturated rings. The van der Waals surface area contributed by atoms with Crippen molar-refractivity contribution in [3.8, 4) is 0 Å². The molecule has 62 valence electrons. The van der Waals surface area contributed by atoms with E-state index in [0.29, 0.717) is 5.41 Å². The maximum atomic E-state index is 5.90. The number of nitrogens with one attached hydrogen (secondary N) is 1. The van der Waals surface area contributed by atoms with Gasteiger partial charge in [-0.1, -0.05) is 17.7 Å². The van der Waals surface area contributed by atoms with Gasteiger partial charge in [-0.2, -0.15) is 0 Å². The highest BCUT2D eigenvalue weighted by Crippen LogP contribution is 2.54. The smallest absolute Gasteiger partial charge is 0.0426 e. The number of anilines is 1. The summed E-state index contributed by atoms with van der Waals surface area (Å²) in [4.78, 5) is 0. The molecular formula is C10H10ClN. The summed E-state index contributed by atoms with van der Waals surface area (Å²) in [5.74, 6) is 0. The Labute approximate surface area is 76.7 Å². The minimum absolute atomic E-state index is 0.500. The quantitative estimate of drug-likeness (QED) is 0.646. The molecule has 1 aliphatic heterocycles. The number of fused-ring (bicyclic) bond motifs is 2. The topological polar surface area (TPSA) is 12.0 Å². The number of rotatable bonds is 0. The van der Waals surface area contributed by atoms with E-state index < -0.39 is 0 Å². The van der Waals surface area contributed by atoms with Crippen LogP contribution in [0.1, 0.15) is 18.4 Å². The van der Waals surface area contributed by atoms with Gasteiger partial charge in [-0.15, -0.1) is 0 Å². The Balaban J connectivity index is 2.18. The Morgan fingerprint density at radius 2 is 2.17 bits per heavy atom. The van der Waals surface area contributed by atoms with Crippen molar-refractivity contribution < 1.29 is 0 Å². The second-order valence-corrected chi connectivity index (χ2v) is 4.26. The first kappa shape index (κ1) is 6.79. The lowest BCUT2D eigenvalue weighted by Gasteiger charge is -2.04. The van der Waals surface area contributed by atoms with Crippen molar-refractivity contribution in [1.82, 2.24) is 0 Å². The van der Waals surface area contributed by atoms with Crippen molar-refractivity contribution in [3.63, 3.8) is 0 Å². The molecule has 12 heavy (non-hydrogen) atoms. The summed E-state index contributed by atoms with van der Waals surface area (Å²) in [6, 6.07) is 6.20. The largest absolute Gasteiger partial charge is 0.384 e. The van der Waals surface area contributed by atoms with Gasteiger partial charge in [-0.05, 0) is 30.5 Å². The molecule has 0 unspecified atom stereocenters. The van der Waals surface area contributed by atoms with Gasteiger partial charge in [0.15, 0.2) is 0 Å². The fourth-order valence-electron chi connectivity index (χ4n) is 2.08. The molecule has 0 radical (unpaired) electrons. The van der Waals surface area contributed by atoms with Crippen LogP contribution in [0.25, 0.3) is 0 Å². The number of hydrogen-bond acceptors (Lipinski definition) is 1. The van der Waals surface area contributed by atoms with Gasteiger partial charge < -0.3 is 5.32 Å². The summed E-state index contributed by atoms with van der Waals surface area (Å²) < 4.78 is 0. The van der Waals surface area contributed by atoms with Gasteiger partial charge in [0.25, 0.3) is 0 Å². The van der Waals surface area contributed by atoms with Crippen LogP contribution < -0.4 is 5.32 Å². The van der Waals surface area contributed by atoms with Crippen molar-refractivity contribution in [1.29, 1.82) is 0 Å². The fraction of sp³-hybridized carbons (Fsp3) is 0.400. The van der Waals surface area contributed by atoms with Crippen LogP contribution in [0.15, 0.2) is 18.2 Å². The van der Waals surface area contributed by atoms with Crippen molar-refractivity contribution in [2.75, 3.05) is 11.9 Å². The second-order valence-electron chi connectivity index (χ2n) is 3.82. The minimum Gasteiger partial charge on any atom is -0.384 e. The molecule has 3 rings (SSSR count). The minimum atomic E-state index is 0.500. The average Bonchev–Trinajstić information content (AvgIpc) is 2.73. The molecule has 1 aliphatic carbocycles. The van der Waals surface area contributed by atoms with Crippen molar-refractivity contribution >= 4 is 17.3 Å². The summed E-state index contributed by atoms with van der Waals surface area (Å²) in [7, 11) is 0. The summed E-state index contributed by atoms with van der Waals surface area (Å²) in [6.45, 7) is 1.11. The molecule has 2 aliphatic rings. The summed E-state index contributed by atoms with van der Waals surface area (Å²) in [5, 5.41) is 4.24. The van der Waals surface area contributed by atoms with Gasteiger partial charge in [-0.3, -0.25) is 0 Å². The molecule has 2 heteroatoms. The highest BCUT2D eigenvalue weighted by atomic mass is 35.5. The second kappa shape index (κ2) is 1.97. The standard InChI is InChI=1S/C10H10ClN/c11-7-1-2-8-9(5-7)12-6-10(8)3-4-10/h1-2,5,12H,3-4,6H2. The zero-order chi connectivity index (χ0) is 8.18. The van der Waals surface area contributed by atoms with Gasteiger partial charge in [0.05, 0.1) is 0 Å². The first-order chi connectivity index (χ1) is 5.80. The maximum absolute atomic E-state index is 5.90. The van der Waals surface area contributed by atoms with Crippen molar-refractivity contribution in [2.24, 2.45) is 0 Å². The molecule has 0 bridgehead atoms. The zero-order valence-corrected chi connectivity index (χ0v) is 7.49. The van der Waals surface area contributed by atoms with Crippen LogP contribution in [0, 0.1) is 0 Å². The van der Waals surface area contributed by atoms with E-state index in [9.17, 15) is 0 Å². The third-order valence-electron chi connectivity index (χ3n) is 3.02. The van der Waals surface area contributed by atoms with Gasteiger partial charge in [0, 0.05) is 22.7 Å². The zero-order valence-electron chi connectivity index (χ0n) is 6.73. The summed E-state index contributed by atoms with van der Waals surface area (Å²) >= 11 is 5.90. The van der Waals surface area contributed by atoms with Crippen LogP contribution in [-0.2, 0) is 5.41 Å². The number of halogens is 1.